The van der Waals surface area contributed by atoms with Crippen molar-refractivity contribution in [2.24, 2.45) is 0 Å². The number of hydrogen-bond donors (Lipinski definition) is 0. The van der Waals surface area contributed by atoms with Crippen molar-refractivity contribution in [2.75, 3.05) is 7.11 Å². The van der Waals surface area contributed by atoms with Gasteiger partial charge >= 0.3 is 0 Å². The first-order chi connectivity index (χ1) is 6.54. The Morgan fingerprint density at radius 2 is 1.64 bits per heavy atom. The maximum Gasteiger partial charge on any atom is 0.196 e. The molecule has 1 aromatic rings. The molecule has 0 saturated heterocycles. The highest BCUT2D eigenvalue weighted by Gasteiger charge is 2.11. The molecule has 0 aliphatic rings. The lowest BCUT2D eigenvalue weighted by molar-refractivity contribution is -0.0381. The predicted molar refractivity (Wildman–Crippen MR) is 58.6 cm³/mol. The summed E-state index contributed by atoms with van der Waals surface area (Å²) in [5.41, 5.74) is 0. The fourth-order valence-corrected chi connectivity index (χ4v) is 1.76. The van der Waals surface area contributed by atoms with Gasteiger partial charge < -0.3 is 9.47 Å². The standard InChI is InChI=1S/C9H9Cl3O2/c1-5(13-2)14-9-7(11)3-6(10)4-8(9)12/h3-5H,1-2H3. The van der Waals surface area contributed by atoms with Gasteiger partial charge in [0.05, 0.1) is 10.0 Å². The smallest absolute Gasteiger partial charge is 0.196 e. The molecule has 1 rings (SSSR count). The SMILES string of the molecule is COC(C)Oc1c(Cl)cc(Cl)cc1Cl. The minimum absolute atomic E-state index is 0.367. The van der Waals surface area contributed by atoms with Crippen molar-refractivity contribution in [3.63, 3.8) is 0 Å². The summed E-state index contributed by atoms with van der Waals surface area (Å²) >= 11 is 17.5. The quantitative estimate of drug-likeness (QED) is 0.760. The Bertz CT molecular complexity index is 305. The van der Waals surface area contributed by atoms with Crippen LogP contribution in [0.15, 0.2) is 12.1 Å². The molecule has 0 aromatic heterocycles. The molecular formula is C9H9Cl3O2. The Hall–Kier alpha value is -0.150. The second kappa shape index (κ2) is 5.08. The molecule has 2 nitrogen and oxygen atoms in total. The molecule has 0 radical (unpaired) electrons. The Morgan fingerprint density at radius 3 is 2.07 bits per heavy atom. The Labute approximate surface area is 97.7 Å². The summed E-state index contributed by atoms with van der Waals surface area (Å²) in [5.74, 6) is 0.382. The van der Waals surface area contributed by atoms with Crippen LogP contribution in [0.3, 0.4) is 0 Å². The lowest BCUT2D eigenvalue weighted by Crippen LogP contribution is -2.14. The van der Waals surface area contributed by atoms with Gasteiger partial charge in [0.2, 0.25) is 0 Å². The number of methoxy groups -OCH3 is 1. The molecule has 0 saturated carbocycles. The minimum atomic E-state index is -0.411. The normalized spacial score (nSPS) is 12.6. The molecule has 0 heterocycles. The first-order valence-electron chi connectivity index (χ1n) is 3.88. The molecule has 0 amide bonds. The van der Waals surface area contributed by atoms with E-state index in [-0.39, 0.29) is 0 Å². The number of ether oxygens (including phenoxy) is 2. The van der Waals surface area contributed by atoms with Gasteiger partial charge in [-0.1, -0.05) is 34.8 Å². The van der Waals surface area contributed by atoms with Gasteiger partial charge in [-0.25, -0.2) is 0 Å². The van der Waals surface area contributed by atoms with Crippen LogP contribution in [0, 0.1) is 0 Å². The van der Waals surface area contributed by atoms with E-state index in [1.807, 2.05) is 0 Å². The van der Waals surface area contributed by atoms with E-state index in [1.165, 1.54) is 7.11 Å². The van der Waals surface area contributed by atoms with Gasteiger partial charge in [-0.3, -0.25) is 0 Å². The van der Waals surface area contributed by atoms with E-state index in [9.17, 15) is 0 Å². The van der Waals surface area contributed by atoms with Crippen molar-refractivity contribution in [2.45, 2.75) is 13.2 Å². The number of benzene rings is 1. The molecule has 0 bridgehead atoms. The van der Waals surface area contributed by atoms with Gasteiger partial charge in [0, 0.05) is 12.1 Å². The minimum Gasteiger partial charge on any atom is -0.462 e. The third kappa shape index (κ3) is 2.92. The van der Waals surface area contributed by atoms with Crippen molar-refractivity contribution in [1.29, 1.82) is 0 Å². The van der Waals surface area contributed by atoms with Gasteiger partial charge in [-0.15, -0.1) is 0 Å². The molecule has 0 aliphatic heterocycles. The molecule has 0 N–H and O–H groups in total. The van der Waals surface area contributed by atoms with Gasteiger partial charge in [-0.05, 0) is 19.1 Å². The highest BCUT2D eigenvalue weighted by Crippen LogP contribution is 2.36. The molecule has 5 heteroatoms. The molecule has 1 aromatic carbocycles. The highest BCUT2D eigenvalue weighted by atomic mass is 35.5. The molecule has 78 valence electrons. The van der Waals surface area contributed by atoms with E-state index in [2.05, 4.69) is 0 Å². The monoisotopic (exact) mass is 254 g/mol. The zero-order chi connectivity index (χ0) is 10.7. The zero-order valence-corrected chi connectivity index (χ0v) is 9.95. The van der Waals surface area contributed by atoms with Gasteiger partial charge in [-0.2, -0.15) is 0 Å². The largest absolute Gasteiger partial charge is 0.462 e. The summed E-state index contributed by atoms with van der Waals surface area (Å²) in [4.78, 5) is 0. The van der Waals surface area contributed by atoms with Crippen LogP contribution in [0.25, 0.3) is 0 Å². The lowest BCUT2D eigenvalue weighted by atomic mass is 10.3. The van der Waals surface area contributed by atoms with E-state index in [1.54, 1.807) is 19.1 Å². The van der Waals surface area contributed by atoms with E-state index in [0.29, 0.717) is 20.8 Å². The van der Waals surface area contributed by atoms with Crippen LogP contribution in [0.1, 0.15) is 6.92 Å². The summed E-state index contributed by atoms with van der Waals surface area (Å²) in [5, 5.41) is 1.20. The first kappa shape index (κ1) is 11.9. The average Bonchev–Trinajstić information content (AvgIpc) is 2.10. The van der Waals surface area contributed by atoms with E-state index in [0.717, 1.165) is 0 Å². The maximum absolute atomic E-state index is 5.89. The lowest BCUT2D eigenvalue weighted by Gasteiger charge is -2.15. The van der Waals surface area contributed by atoms with Crippen LogP contribution in [-0.2, 0) is 4.74 Å². The fourth-order valence-electron chi connectivity index (χ4n) is 0.856. The fraction of sp³-hybridized carbons (Fsp3) is 0.333. The predicted octanol–water partition coefficient (Wildman–Crippen LogP) is 4.02. The van der Waals surface area contributed by atoms with Crippen LogP contribution in [0.5, 0.6) is 5.75 Å². The number of rotatable bonds is 3. The second-order valence-electron chi connectivity index (χ2n) is 2.62. The van der Waals surface area contributed by atoms with Crippen molar-refractivity contribution >= 4 is 34.8 Å². The van der Waals surface area contributed by atoms with Crippen LogP contribution in [-0.4, -0.2) is 13.4 Å². The molecule has 0 fully saturated rings. The van der Waals surface area contributed by atoms with Gasteiger partial charge in [0.25, 0.3) is 0 Å². The zero-order valence-electron chi connectivity index (χ0n) is 7.68. The summed E-state index contributed by atoms with van der Waals surface area (Å²) < 4.78 is 10.3. The third-order valence-corrected chi connectivity index (χ3v) is 2.36. The third-order valence-electron chi connectivity index (χ3n) is 1.58. The Kier molecular flexibility index (Phi) is 4.32. The topological polar surface area (TPSA) is 18.5 Å². The Balaban J connectivity index is 2.96. The first-order valence-corrected chi connectivity index (χ1v) is 5.02. The Morgan fingerprint density at radius 1 is 1.14 bits per heavy atom. The van der Waals surface area contributed by atoms with Crippen molar-refractivity contribution in [3.8, 4) is 5.75 Å². The van der Waals surface area contributed by atoms with Gasteiger partial charge in [0.15, 0.2) is 12.0 Å². The van der Waals surface area contributed by atoms with Crippen LogP contribution in [0.4, 0.5) is 0 Å². The van der Waals surface area contributed by atoms with Crippen molar-refractivity contribution in [3.05, 3.63) is 27.2 Å². The second-order valence-corrected chi connectivity index (χ2v) is 3.87. The average molecular weight is 256 g/mol. The van der Waals surface area contributed by atoms with Gasteiger partial charge in [0.1, 0.15) is 0 Å². The molecule has 14 heavy (non-hydrogen) atoms. The number of hydrogen-bond acceptors (Lipinski definition) is 2. The summed E-state index contributed by atoms with van der Waals surface area (Å²) in [7, 11) is 1.53. The molecule has 0 aliphatic carbocycles. The van der Waals surface area contributed by atoms with Crippen LogP contribution < -0.4 is 4.74 Å². The van der Waals surface area contributed by atoms with Crippen molar-refractivity contribution in [1.82, 2.24) is 0 Å². The van der Waals surface area contributed by atoms with Crippen LogP contribution in [0.2, 0.25) is 15.1 Å². The van der Waals surface area contributed by atoms with Crippen molar-refractivity contribution < 1.29 is 9.47 Å². The molecule has 1 unspecified atom stereocenters. The molecule has 1 atom stereocenters. The molecular weight excluding hydrogens is 246 g/mol. The van der Waals surface area contributed by atoms with Crippen LogP contribution >= 0.6 is 34.8 Å². The summed E-state index contributed by atoms with van der Waals surface area (Å²) in [6.45, 7) is 1.74. The summed E-state index contributed by atoms with van der Waals surface area (Å²) in [6.07, 6.45) is -0.411. The highest BCUT2D eigenvalue weighted by molar-refractivity contribution is 6.40. The van der Waals surface area contributed by atoms with E-state index >= 15 is 0 Å². The maximum atomic E-state index is 5.89. The summed E-state index contributed by atoms with van der Waals surface area (Å²) in [6, 6.07) is 3.12. The van der Waals surface area contributed by atoms with E-state index < -0.39 is 6.29 Å². The molecule has 0 spiro atoms. The van der Waals surface area contributed by atoms with E-state index in [4.69, 9.17) is 44.3 Å². The number of halogens is 3.